The maximum absolute atomic E-state index is 6.21. The van der Waals surface area contributed by atoms with Gasteiger partial charge in [-0.2, -0.15) is 9.78 Å². The SMILES string of the molecule is CC(C)(C)/C(OCc1ccc(Cl)cc1)=C(\Oc1ccc(Cl)cc1)n1cncn1. The number of nitrogens with zero attached hydrogens (tertiary/aromatic N) is 3. The number of benzene rings is 2. The minimum absolute atomic E-state index is 0.347. The first-order chi connectivity index (χ1) is 13.3. The summed E-state index contributed by atoms with van der Waals surface area (Å²) in [5.74, 6) is 1.70. The van der Waals surface area contributed by atoms with Gasteiger partial charge in [0.1, 0.15) is 25.0 Å². The topological polar surface area (TPSA) is 49.2 Å². The number of hydrogen-bond donors (Lipinski definition) is 0. The maximum atomic E-state index is 6.21. The normalized spacial score (nSPS) is 12.5. The smallest absolute Gasteiger partial charge is 0.261 e. The highest BCUT2D eigenvalue weighted by Gasteiger charge is 2.27. The van der Waals surface area contributed by atoms with E-state index in [9.17, 15) is 0 Å². The molecule has 5 nitrogen and oxygen atoms in total. The summed E-state index contributed by atoms with van der Waals surface area (Å²) < 4.78 is 13.9. The molecule has 28 heavy (non-hydrogen) atoms. The zero-order valence-corrected chi connectivity index (χ0v) is 17.4. The van der Waals surface area contributed by atoms with Crippen LogP contribution >= 0.6 is 23.2 Å². The molecule has 0 atom stereocenters. The first kappa shape index (κ1) is 20.2. The Morgan fingerprint density at radius 3 is 2.11 bits per heavy atom. The largest absolute Gasteiger partial charge is 0.487 e. The summed E-state index contributed by atoms with van der Waals surface area (Å²) >= 11 is 12.0. The van der Waals surface area contributed by atoms with Crippen molar-refractivity contribution in [1.29, 1.82) is 0 Å². The summed E-state index contributed by atoms with van der Waals surface area (Å²) in [7, 11) is 0. The van der Waals surface area contributed by atoms with Crippen molar-refractivity contribution < 1.29 is 9.47 Å². The second-order valence-electron chi connectivity index (χ2n) is 7.20. The molecular weight excluding hydrogens is 397 g/mol. The van der Waals surface area contributed by atoms with Crippen LogP contribution in [0.1, 0.15) is 26.3 Å². The molecule has 0 N–H and O–H groups in total. The van der Waals surface area contributed by atoms with E-state index in [2.05, 4.69) is 10.1 Å². The van der Waals surface area contributed by atoms with Crippen LogP contribution in [0.2, 0.25) is 10.0 Å². The monoisotopic (exact) mass is 417 g/mol. The first-order valence-electron chi connectivity index (χ1n) is 8.73. The predicted molar refractivity (Wildman–Crippen MR) is 111 cm³/mol. The molecule has 3 rings (SSSR count). The third-order valence-corrected chi connectivity index (χ3v) is 4.33. The van der Waals surface area contributed by atoms with Crippen LogP contribution in [0.15, 0.2) is 66.9 Å². The van der Waals surface area contributed by atoms with Crippen LogP contribution < -0.4 is 4.74 Å². The Balaban J connectivity index is 1.97. The van der Waals surface area contributed by atoms with Gasteiger partial charge >= 0.3 is 0 Å². The number of halogens is 2. The highest BCUT2D eigenvalue weighted by Crippen LogP contribution is 2.33. The average molecular weight is 418 g/mol. The lowest BCUT2D eigenvalue weighted by Gasteiger charge is -2.26. The fraction of sp³-hybridized carbons (Fsp3) is 0.238. The van der Waals surface area contributed by atoms with Gasteiger partial charge in [0.25, 0.3) is 5.88 Å². The summed E-state index contributed by atoms with van der Waals surface area (Å²) in [5.41, 5.74) is 0.649. The van der Waals surface area contributed by atoms with E-state index in [0.29, 0.717) is 34.0 Å². The molecule has 0 aliphatic rings. The lowest BCUT2D eigenvalue weighted by atomic mass is 9.93. The molecular formula is C21H21Cl2N3O2. The van der Waals surface area contributed by atoms with E-state index in [-0.39, 0.29) is 5.41 Å². The zero-order chi connectivity index (χ0) is 20.1. The van der Waals surface area contributed by atoms with Crippen LogP contribution in [0.4, 0.5) is 0 Å². The van der Waals surface area contributed by atoms with Crippen LogP contribution in [0.25, 0.3) is 5.88 Å². The molecule has 1 heterocycles. The number of allylic oxidation sites excluding steroid dienone is 1. The van der Waals surface area contributed by atoms with Crippen molar-refractivity contribution >= 4 is 29.1 Å². The number of rotatable bonds is 6. The second-order valence-corrected chi connectivity index (χ2v) is 8.07. The number of ether oxygens (including phenoxy) is 2. The molecule has 0 spiro atoms. The van der Waals surface area contributed by atoms with Crippen molar-refractivity contribution in [3.63, 3.8) is 0 Å². The molecule has 0 bridgehead atoms. The molecule has 0 saturated carbocycles. The van der Waals surface area contributed by atoms with Crippen molar-refractivity contribution in [3.8, 4) is 5.75 Å². The van der Waals surface area contributed by atoms with E-state index in [1.54, 1.807) is 35.3 Å². The maximum Gasteiger partial charge on any atom is 0.261 e. The molecule has 0 saturated heterocycles. The Bertz CT molecular complexity index is 929. The van der Waals surface area contributed by atoms with E-state index < -0.39 is 0 Å². The molecule has 0 radical (unpaired) electrons. The minimum Gasteiger partial charge on any atom is -0.487 e. The van der Waals surface area contributed by atoms with Crippen LogP contribution in [0.3, 0.4) is 0 Å². The van der Waals surface area contributed by atoms with Gasteiger partial charge in [0.15, 0.2) is 5.76 Å². The van der Waals surface area contributed by atoms with Gasteiger partial charge in [0.2, 0.25) is 0 Å². The Morgan fingerprint density at radius 1 is 0.964 bits per heavy atom. The molecule has 0 amide bonds. The lowest BCUT2D eigenvalue weighted by molar-refractivity contribution is 0.132. The van der Waals surface area contributed by atoms with Crippen LogP contribution in [-0.4, -0.2) is 14.8 Å². The third kappa shape index (κ3) is 5.27. The van der Waals surface area contributed by atoms with Gasteiger partial charge < -0.3 is 9.47 Å². The Labute approximate surface area is 174 Å². The van der Waals surface area contributed by atoms with E-state index in [1.807, 2.05) is 45.0 Å². The quantitative estimate of drug-likeness (QED) is 0.457. The van der Waals surface area contributed by atoms with E-state index in [0.717, 1.165) is 5.56 Å². The van der Waals surface area contributed by atoms with Crippen molar-refractivity contribution in [3.05, 3.63) is 82.6 Å². The predicted octanol–water partition coefficient (Wildman–Crippen LogP) is 6.05. The molecule has 146 valence electrons. The van der Waals surface area contributed by atoms with Crippen molar-refractivity contribution in [1.82, 2.24) is 14.8 Å². The van der Waals surface area contributed by atoms with Crippen LogP contribution in [0, 0.1) is 5.41 Å². The van der Waals surface area contributed by atoms with Gasteiger partial charge in [0.05, 0.1) is 0 Å². The van der Waals surface area contributed by atoms with Gasteiger partial charge in [0, 0.05) is 15.5 Å². The summed E-state index contributed by atoms with van der Waals surface area (Å²) in [6.07, 6.45) is 3.02. The van der Waals surface area contributed by atoms with Crippen LogP contribution in [0.5, 0.6) is 5.75 Å². The summed E-state index contributed by atoms with van der Waals surface area (Å²) in [6, 6.07) is 14.6. The second kappa shape index (κ2) is 8.67. The fourth-order valence-corrected chi connectivity index (χ4v) is 2.71. The molecule has 0 aliphatic heterocycles. The number of aromatic nitrogens is 3. The van der Waals surface area contributed by atoms with Gasteiger partial charge in [-0.15, -0.1) is 0 Å². The summed E-state index contributed by atoms with van der Waals surface area (Å²) in [5, 5.41) is 5.55. The Hall–Kier alpha value is -2.50. The van der Waals surface area contributed by atoms with Crippen molar-refractivity contribution in [2.75, 3.05) is 0 Å². The fourth-order valence-electron chi connectivity index (χ4n) is 2.46. The van der Waals surface area contributed by atoms with Gasteiger partial charge in [-0.1, -0.05) is 56.1 Å². The first-order valence-corrected chi connectivity index (χ1v) is 9.49. The minimum atomic E-state index is -0.347. The molecule has 0 unspecified atom stereocenters. The molecule has 0 fully saturated rings. The molecule has 7 heteroatoms. The van der Waals surface area contributed by atoms with E-state index in [1.165, 1.54) is 6.33 Å². The summed E-state index contributed by atoms with van der Waals surface area (Å²) in [4.78, 5) is 4.04. The molecule has 1 aromatic heterocycles. The number of hydrogen-bond acceptors (Lipinski definition) is 4. The molecule has 2 aromatic carbocycles. The third-order valence-electron chi connectivity index (χ3n) is 3.83. The highest BCUT2D eigenvalue weighted by molar-refractivity contribution is 6.30. The standard InChI is InChI=1S/C21H21Cl2N3O2/c1-21(2,3)19(27-12-15-4-6-16(22)7-5-15)20(26-14-24-13-25-26)28-18-10-8-17(23)9-11-18/h4-11,13-14H,12H2,1-3H3/b20-19+. The van der Waals surface area contributed by atoms with Gasteiger partial charge in [-0.05, 0) is 42.0 Å². The van der Waals surface area contributed by atoms with Gasteiger partial charge in [-0.3, -0.25) is 0 Å². The van der Waals surface area contributed by atoms with Crippen molar-refractivity contribution in [2.45, 2.75) is 27.4 Å². The summed E-state index contributed by atoms with van der Waals surface area (Å²) in [6.45, 7) is 6.51. The van der Waals surface area contributed by atoms with E-state index in [4.69, 9.17) is 32.7 Å². The molecule has 3 aromatic rings. The highest BCUT2D eigenvalue weighted by atomic mass is 35.5. The van der Waals surface area contributed by atoms with Crippen LogP contribution in [-0.2, 0) is 11.3 Å². The van der Waals surface area contributed by atoms with Gasteiger partial charge in [-0.25, -0.2) is 4.98 Å². The van der Waals surface area contributed by atoms with Crippen molar-refractivity contribution in [2.24, 2.45) is 5.41 Å². The van der Waals surface area contributed by atoms with E-state index >= 15 is 0 Å². The Morgan fingerprint density at radius 2 is 1.57 bits per heavy atom. The lowest BCUT2D eigenvalue weighted by Crippen LogP contribution is -2.20. The molecule has 0 aliphatic carbocycles. The Kier molecular flexibility index (Phi) is 6.27. The zero-order valence-electron chi connectivity index (χ0n) is 15.9. The average Bonchev–Trinajstić information content (AvgIpc) is 3.17.